The van der Waals surface area contributed by atoms with Gasteiger partial charge in [-0.2, -0.15) is 0 Å². The lowest BCUT2D eigenvalue weighted by atomic mass is 9.86. The van der Waals surface area contributed by atoms with Gasteiger partial charge in [-0.05, 0) is 44.2 Å². The van der Waals surface area contributed by atoms with Crippen LogP contribution in [-0.2, 0) is 14.3 Å². The normalized spacial score (nSPS) is 26.4. The Kier molecular flexibility index (Phi) is 6.18. The first kappa shape index (κ1) is 20.1. The fraction of sp³-hybridized carbons (Fsp3) is 0.550. The summed E-state index contributed by atoms with van der Waals surface area (Å²) in [5.74, 6) is -0.664. The summed E-state index contributed by atoms with van der Waals surface area (Å²) >= 11 is 0. The third kappa shape index (κ3) is 4.11. The van der Waals surface area contributed by atoms with E-state index in [0.717, 1.165) is 12.8 Å². The Bertz CT molecular complexity index is 736. The highest BCUT2D eigenvalue weighted by atomic mass is 16.5. The first-order chi connectivity index (χ1) is 13.4. The molecule has 2 amide bonds. The Hall–Kier alpha value is -2.61. The maximum absolute atomic E-state index is 12.6. The number of nitrogens with one attached hydrogen (secondary N) is 2. The highest BCUT2D eigenvalue weighted by Gasteiger charge is 2.50. The quantitative estimate of drug-likeness (QED) is 0.691. The van der Waals surface area contributed by atoms with Crippen LogP contribution in [0.15, 0.2) is 24.3 Å². The van der Waals surface area contributed by atoms with E-state index in [1.807, 2.05) is 7.05 Å². The third-order valence-electron chi connectivity index (χ3n) is 5.76. The lowest BCUT2D eigenvalue weighted by Gasteiger charge is -2.41. The van der Waals surface area contributed by atoms with Gasteiger partial charge in [0.15, 0.2) is 6.61 Å². The van der Waals surface area contributed by atoms with Gasteiger partial charge in [-0.25, -0.2) is 4.79 Å². The molecule has 2 N–H and O–H groups in total. The molecule has 0 radical (unpaired) electrons. The number of amides is 2. The van der Waals surface area contributed by atoms with Crippen LogP contribution in [0.25, 0.3) is 0 Å². The molecular formula is C20H27N3O5. The molecule has 0 spiro atoms. The molecule has 2 bridgehead atoms. The van der Waals surface area contributed by atoms with Gasteiger partial charge in [0.05, 0.1) is 11.5 Å². The summed E-state index contributed by atoms with van der Waals surface area (Å²) in [4.78, 5) is 38.5. The van der Waals surface area contributed by atoms with Crippen LogP contribution in [0.3, 0.4) is 0 Å². The fourth-order valence-electron chi connectivity index (χ4n) is 4.17. The summed E-state index contributed by atoms with van der Waals surface area (Å²) in [6, 6.07) is 6.86. The molecule has 3 unspecified atom stereocenters. The Morgan fingerprint density at radius 3 is 2.46 bits per heavy atom. The summed E-state index contributed by atoms with van der Waals surface area (Å²) in [5, 5.41) is 5.18. The van der Waals surface area contributed by atoms with Crippen LogP contribution in [0.2, 0.25) is 0 Å². The number of esters is 1. The summed E-state index contributed by atoms with van der Waals surface area (Å²) in [7, 11) is 5.18. The summed E-state index contributed by atoms with van der Waals surface area (Å²) < 4.78 is 11.1. The van der Waals surface area contributed by atoms with Gasteiger partial charge in [-0.3, -0.25) is 14.5 Å². The van der Waals surface area contributed by atoms with E-state index in [1.54, 1.807) is 31.3 Å². The zero-order valence-electron chi connectivity index (χ0n) is 16.4. The van der Waals surface area contributed by atoms with Crippen molar-refractivity contribution >= 4 is 17.8 Å². The molecule has 8 heteroatoms. The lowest BCUT2D eigenvalue weighted by molar-refractivity contribution is -0.134. The molecule has 8 nitrogen and oxygen atoms in total. The molecule has 1 aromatic carbocycles. The van der Waals surface area contributed by atoms with Crippen LogP contribution in [0.4, 0.5) is 0 Å². The number of rotatable bonds is 6. The molecule has 2 saturated heterocycles. The summed E-state index contributed by atoms with van der Waals surface area (Å²) in [5.41, 5.74) is 0.384. The van der Waals surface area contributed by atoms with E-state index < -0.39 is 12.1 Å². The number of piperidine rings is 1. The number of hydrogen-bond acceptors (Lipinski definition) is 6. The van der Waals surface area contributed by atoms with Gasteiger partial charge in [-0.15, -0.1) is 0 Å². The van der Waals surface area contributed by atoms with Gasteiger partial charge < -0.3 is 20.1 Å². The number of carbonyl (C=O) groups is 3. The van der Waals surface area contributed by atoms with Crippen LogP contribution in [-0.4, -0.2) is 68.6 Å². The summed E-state index contributed by atoms with van der Waals surface area (Å²) in [6.07, 6.45) is 2.17. The SMILES string of the molecule is CNC(=O)COc1ccc(C(=O)OC2CC3CCC([C@H]2C(=O)NC)N3C)cc1. The zero-order valence-corrected chi connectivity index (χ0v) is 16.4. The number of likely N-dealkylation sites (N-methyl/N-ethyl adjacent to an activating group) is 1. The Morgan fingerprint density at radius 2 is 1.82 bits per heavy atom. The lowest BCUT2D eigenvalue weighted by Crippen LogP contribution is -2.55. The highest BCUT2D eigenvalue weighted by Crippen LogP contribution is 2.39. The molecule has 3 rings (SSSR count). The second-order valence-electron chi connectivity index (χ2n) is 7.27. The molecule has 1 aromatic rings. The molecule has 2 aliphatic heterocycles. The topological polar surface area (TPSA) is 97.0 Å². The average Bonchev–Trinajstić information content (AvgIpc) is 2.95. The van der Waals surface area contributed by atoms with E-state index in [9.17, 15) is 14.4 Å². The number of ether oxygens (including phenoxy) is 2. The van der Waals surface area contributed by atoms with Crippen molar-refractivity contribution in [1.82, 2.24) is 15.5 Å². The van der Waals surface area contributed by atoms with Crippen molar-refractivity contribution in [2.24, 2.45) is 5.92 Å². The van der Waals surface area contributed by atoms with Crippen LogP contribution >= 0.6 is 0 Å². The molecule has 2 aliphatic rings. The van der Waals surface area contributed by atoms with Crippen molar-refractivity contribution in [1.29, 1.82) is 0 Å². The first-order valence-electron chi connectivity index (χ1n) is 9.52. The Morgan fingerprint density at radius 1 is 1.11 bits per heavy atom. The molecule has 4 atom stereocenters. The largest absolute Gasteiger partial charge is 0.484 e. The van der Waals surface area contributed by atoms with E-state index in [0.29, 0.717) is 23.8 Å². The maximum Gasteiger partial charge on any atom is 0.338 e. The molecule has 2 heterocycles. The van der Waals surface area contributed by atoms with Gasteiger partial charge in [0.25, 0.3) is 5.91 Å². The van der Waals surface area contributed by atoms with E-state index in [4.69, 9.17) is 9.47 Å². The Labute approximate surface area is 164 Å². The van der Waals surface area contributed by atoms with Gasteiger partial charge in [0.2, 0.25) is 5.91 Å². The van der Waals surface area contributed by atoms with Gasteiger partial charge in [0, 0.05) is 32.6 Å². The number of hydrogen-bond donors (Lipinski definition) is 2. The molecular weight excluding hydrogens is 362 g/mol. The number of fused-ring (bicyclic) bond motifs is 2. The van der Waals surface area contributed by atoms with Crippen LogP contribution in [0.5, 0.6) is 5.75 Å². The molecule has 152 valence electrons. The van der Waals surface area contributed by atoms with Crippen molar-refractivity contribution in [3.8, 4) is 5.75 Å². The average molecular weight is 389 g/mol. The number of carbonyl (C=O) groups excluding carboxylic acids is 3. The fourth-order valence-corrected chi connectivity index (χ4v) is 4.17. The van der Waals surface area contributed by atoms with Crippen molar-refractivity contribution < 1.29 is 23.9 Å². The number of nitrogens with zero attached hydrogens (tertiary/aromatic N) is 1. The van der Waals surface area contributed by atoms with E-state index in [2.05, 4.69) is 15.5 Å². The van der Waals surface area contributed by atoms with Crippen molar-refractivity contribution in [3.05, 3.63) is 29.8 Å². The molecule has 0 saturated carbocycles. The second kappa shape index (κ2) is 8.60. The molecule has 0 aromatic heterocycles. The third-order valence-corrected chi connectivity index (χ3v) is 5.76. The Balaban J connectivity index is 1.66. The van der Waals surface area contributed by atoms with Crippen molar-refractivity contribution in [2.75, 3.05) is 27.7 Å². The first-order valence-corrected chi connectivity index (χ1v) is 9.52. The molecule has 28 heavy (non-hydrogen) atoms. The highest BCUT2D eigenvalue weighted by molar-refractivity contribution is 5.90. The van der Waals surface area contributed by atoms with E-state index in [1.165, 1.54) is 7.05 Å². The van der Waals surface area contributed by atoms with Crippen LogP contribution in [0.1, 0.15) is 29.6 Å². The monoisotopic (exact) mass is 389 g/mol. The smallest absolute Gasteiger partial charge is 0.338 e. The van der Waals surface area contributed by atoms with E-state index >= 15 is 0 Å². The van der Waals surface area contributed by atoms with Gasteiger partial charge in [-0.1, -0.05) is 0 Å². The van der Waals surface area contributed by atoms with Crippen LogP contribution in [0, 0.1) is 5.92 Å². The molecule has 2 fully saturated rings. The van der Waals surface area contributed by atoms with Gasteiger partial charge >= 0.3 is 5.97 Å². The summed E-state index contributed by atoms with van der Waals surface area (Å²) in [6.45, 7) is -0.0908. The van der Waals surface area contributed by atoms with Crippen molar-refractivity contribution in [3.63, 3.8) is 0 Å². The van der Waals surface area contributed by atoms with Gasteiger partial charge in [0.1, 0.15) is 11.9 Å². The van der Waals surface area contributed by atoms with E-state index in [-0.39, 0.29) is 30.4 Å². The predicted molar refractivity (Wildman–Crippen MR) is 102 cm³/mol. The van der Waals surface area contributed by atoms with Crippen LogP contribution < -0.4 is 15.4 Å². The minimum atomic E-state index is -0.458. The maximum atomic E-state index is 12.6. The number of benzene rings is 1. The minimum Gasteiger partial charge on any atom is -0.484 e. The minimum absolute atomic E-state index is 0.0899. The standard InChI is InChI=1S/C20H27N3O5/c1-21-17(24)11-27-14-7-4-12(5-8-14)20(26)28-16-10-13-6-9-15(23(13)3)18(16)19(25)22-2/h4-5,7-8,13,15-16,18H,6,9-11H2,1-3H3,(H,21,24)(H,22,25)/t13?,15?,16?,18-/m1/s1. The predicted octanol–water partition coefficient (Wildman–Crippen LogP) is 0.566. The zero-order chi connectivity index (χ0) is 20.3. The van der Waals surface area contributed by atoms with Crippen molar-refractivity contribution in [2.45, 2.75) is 37.5 Å². The second-order valence-corrected chi connectivity index (χ2v) is 7.27. The molecule has 0 aliphatic carbocycles.